The lowest BCUT2D eigenvalue weighted by molar-refractivity contribution is 0.0462. The third kappa shape index (κ3) is 3.98. The van der Waals surface area contributed by atoms with E-state index in [1.165, 1.54) is 19.3 Å². The number of esters is 1. The maximum absolute atomic E-state index is 13.9. The first-order valence-electron chi connectivity index (χ1n) is 9.10. The van der Waals surface area contributed by atoms with Crippen molar-refractivity contribution in [1.82, 2.24) is 0 Å². The van der Waals surface area contributed by atoms with Crippen molar-refractivity contribution in [3.05, 3.63) is 64.2 Å². The lowest BCUT2D eigenvalue weighted by atomic mass is 9.84. The van der Waals surface area contributed by atoms with Crippen molar-refractivity contribution in [2.75, 3.05) is 7.11 Å². The first kappa shape index (κ1) is 20.2. The highest BCUT2D eigenvalue weighted by Crippen LogP contribution is 2.33. The molecule has 2 aromatic carbocycles. The number of rotatable bonds is 5. The smallest absolute Gasteiger partial charge is 0.338 e. The predicted molar refractivity (Wildman–Crippen MR) is 94.2 cm³/mol. The Labute approximate surface area is 160 Å². The van der Waals surface area contributed by atoms with E-state index in [2.05, 4.69) is 4.74 Å². The van der Waals surface area contributed by atoms with Crippen molar-refractivity contribution in [2.24, 2.45) is 0 Å². The van der Waals surface area contributed by atoms with Gasteiger partial charge in [-0.15, -0.1) is 0 Å². The van der Waals surface area contributed by atoms with Crippen LogP contribution in [-0.2, 0) is 11.3 Å². The Morgan fingerprint density at radius 3 is 2.04 bits per heavy atom. The summed E-state index contributed by atoms with van der Waals surface area (Å²) in [6, 6.07) is 6.82. The highest BCUT2D eigenvalue weighted by Gasteiger charge is 2.27. The molecule has 2 aromatic rings. The Hall–Kier alpha value is -2.57. The van der Waals surface area contributed by atoms with E-state index in [1.54, 1.807) is 12.1 Å². The maximum Gasteiger partial charge on any atom is 0.338 e. The quantitative estimate of drug-likeness (QED) is 0.372. The van der Waals surface area contributed by atoms with E-state index in [1.807, 2.05) is 12.1 Å². The molecule has 0 N–H and O–H groups in total. The van der Waals surface area contributed by atoms with Gasteiger partial charge in [-0.2, -0.15) is 8.78 Å². The van der Waals surface area contributed by atoms with Crippen LogP contribution >= 0.6 is 0 Å². The normalized spacial score (nSPS) is 14.8. The topological polar surface area (TPSA) is 35.5 Å². The maximum atomic E-state index is 13.9. The summed E-state index contributed by atoms with van der Waals surface area (Å²) < 4.78 is 64.5. The summed E-state index contributed by atoms with van der Waals surface area (Å²) in [4.78, 5) is 12.1. The van der Waals surface area contributed by atoms with E-state index in [9.17, 15) is 22.4 Å². The standard InChI is InChI=1S/C21H20F4O3/c1-27-20-18(24)16(22)15(17(23)19(20)25)11-28-21(26)14-9-7-13(8-10-14)12-5-3-2-4-6-12/h7-10,12H,2-6,11H2,1H3. The number of carbonyl (C=O) groups is 1. The number of methoxy groups -OCH3 is 1. The minimum absolute atomic E-state index is 0.190. The summed E-state index contributed by atoms with van der Waals surface area (Å²) in [6.45, 7) is -0.946. The van der Waals surface area contributed by atoms with Gasteiger partial charge < -0.3 is 9.47 Å². The Morgan fingerprint density at radius 2 is 1.50 bits per heavy atom. The van der Waals surface area contributed by atoms with Crippen molar-refractivity contribution in [2.45, 2.75) is 44.6 Å². The fourth-order valence-corrected chi connectivity index (χ4v) is 3.51. The van der Waals surface area contributed by atoms with E-state index >= 15 is 0 Å². The van der Waals surface area contributed by atoms with Crippen LogP contribution in [-0.4, -0.2) is 13.1 Å². The molecule has 1 aliphatic carbocycles. The molecule has 0 radical (unpaired) electrons. The van der Waals surface area contributed by atoms with Gasteiger partial charge in [-0.05, 0) is 36.5 Å². The van der Waals surface area contributed by atoms with E-state index in [0.29, 0.717) is 5.92 Å². The fourth-order valence-electron chi connectivity index (χ4n) is 3.51. The van der Waals surface area contributed by atoms with Gasteiger partial charge in [0.1, 0.15) is 6.61 Å². The van der Waals surface area contributed by atoms with Gasteiger partial charge in [-0.1, -0.05) is 31.4 Å². The molecule has 0 aliphatic heterocycles. The van der Waals surface area contributed by atoms with Crippen molar-refractivity contribution >= 4 is 5.97 Å². The minimum atomic E-state index is -1.68. The molecular weight excluding hydrogens is 376 g/mol. The van der Waals surface area contributed by atoms with Crippen LogP contribution in [0.3, 0.4) is 0 Å². The Kier molecular flexibility index (Phi) is 6.21. The molecule has 1 aliphatic rings. The summed E-state index contributed by atoms with van der Waals surface area (Å²) in [5.74, 6) is -8.21. The molecule has 3 nitrogen and oxygen atoms in total. The van der Waals surface area contributed by atoms with Gasteiger partial charge in [0.15, 0.2) is 17.4 Å². The zero-order chi connectivity index (χ0) is 20.3. The van der Waals surface area contributed by atoms with Gasteiger partial charge in [0.2, 0.25) is 11.6 Å². The largest absolute Gasteiger partial charge is 0.491 e. The molecule has 0 atom stereocenters. The highest BCUT2D eigenvalue weighted by atomic mass is 19.2. The van der Waals surface area contributed by atoms with Gasteiger partial charge in [0, 0.05) is 0 Å². The monoisotopic (exact) mass is 396 g/mol. The summed E-state index contributed by atoms with van der Waals surface area (Å²) in [6.07, 6.45) is 5.82. The van der Waals surface area contributed by atoms with Crippen molar-refractivity contribution < 1.29 is 31.8 Å². The second kappa shape index (κ2) is 8.63. The third-order valence-electron chi connectivity index (χ3n) is 5.09. The molecule has 28 heavy (non-hydrogen) atoms. The molecule has 1 saturated carbocycles. The Bertz CT molecular complexity index is 830. The van der Waals surface area contributed by atoms with Crippen LogP contribution in [0.25, 0.3) is 0 Å². The second-order valence-corrected chi connectivity index (χ2v) is 6.80. The second-order valence-electron chi connectivity index (χ2n) is 6.80. The number of benzene rings is 2. The van der Waals surface area contributed by atoms with Gasteiger partial charge in [-0.25, -0.2) is 13.6 Å². The Balaban J connectivity index is 1.70. The number of hydrogen-bond acceptors (Lipinski definition) is 3. The number of carbonyl (C=O) groups excluding carboxylic acids is 1. The Morgan fingerprint density at radius 1 is 0.929 bits per heavy atom. The molecule has 0 unspecified atom stereocenters. The van der Waals surface area contributed by atoms with Crippen LogP contribution in [0.15, 0.2) is 24.3 Å². The third-order valence-corrected chi connectivity index (χ3v) is 5.09. The van der Waals surface area contributed by atoms with Gasteiger partial charge in [0.25, 0.3) is 0 Å². The van der Waals surface area contributed by atoms with Gasteiger partial charge in [0.05, 0.1) is 18.2 Å². The average Bonchev–Trinajstić information content (AvgIpc) is 2.73. The van der Waals surface area contributed by atoms with Crippen LogP contribution in [0.1, 0.15) is 59.5 Å². The zero-order valence-electron chi connectivity index (χ0n) is 15.4. The molecular formula is C21H20F4O3. The van der Waals surface area contributed by atoms with Gasteiger partial charge >= 0.3 is 5.97 Å². The van der Waals surface area contributed by atoms with E-state index in [0.717, 1.165) is 25.5 Å². The van der Waals surface area contributed by atoms with Gasteiger partial charge in [-0.3, -0.25) is 0 Å². The van der Waals surface area contributed by atoms with Crippen LogP contribution < -0.4 is 4.74 Å². The molecule has 0 amide bonds. The van der Waals surface area contributed by atoms with Crippen LogP contribution in [0.5, 0.6) is 5.75 Å². The van der Waals surface area contributed by atoms with Crippen molar-refractivity contribution in [3.63, 3.8) is 0 Å². The molecule has 0 bridgehead atoms. The summed E-state index contributed by atoms with van der Waals surface area (Å²) in [5.41, 5.74) is 0.311. The first-order valence-corrected chi connectivity index (χ1v) is 9.10. The van der Waals surface area contributed by atoms with E-state index in [-0.39, 0.29) is 5.56 Å². The highest BCUT2D eigenvalue weighted by molar-refractivity contribution is 5.89. The van der Waals surface area contributed by atoms with Crippen LogP contribution in [0.4, 0.5) is 17.6 Å². The fraction of sp³-hybridized carbons (Fsp3) is 0.381. The number of hydrogen-bond donors (Lipinski definition) is 0. The molecule has 0 aromatic heterocycles. The molecule has 1 fully saturated rings. The van der Waals surface area contributed by atoms with Crippen molar-refractivity contribution in [3.8, 4) is 5.75 Å². The first-order chi connectivity index (χ1) is 13.4. The predicted octanol–water partition coefficient (Wildman–Crippen LogP) is 5.66. The molecule has 0 saturated heterocycles. The molecule has 0 heterocycles. The van der Waals surface area contributed by atoms with E-state index in [4.69, 9.17) is 4.74 Å². The lowest BCUT2D eigenvalue weighted by Crippen LogP contribution is -2.11. The zero-order valence-corrected chi connectivity index (χ0v) is 15.4. The van der Waals surface area contributed by atoms with Crippen LogP contribution in [0, 0.1) is 23.3 Å². The van der Waals surface area contributed by atoms with Crippen LogP contribution in [0.2, 0.25) is 0 Å². The molecule has 3 rings (SSSR count). The number of halogens is 4. The van der Waals surface area contributed by atoms with E-state index < -0.39 is 47.2 Å². The lowest BCUT2D eigenvalue weighted by Gasteiger charge is -2.22. The summed E-state index contributed by atoms with van der Waals surface area (Å²) in [7, 11) is 0.886. The number of ether oxygens (including phenoxy) is 2. The average molecular weight is 396 g/mol. The molecule has 0 spiro atoms. The summed E-state index contributed by atoms with van der Waals surface area (Å²) in [5, 5.41) is 0. The molecule has 150 valence electrons. The minimum Gasteiger partial charge on any atom is -0.491 e. The molecule has 7 heteroatoms. The summed E-state index contributed by atoms with van der Waals surface area (Å²) >= 11 is 0. The SMILES string of the molecule is COc1c(F)c(F)c(COC(=O)c2ccc(C3CCCCC3)cc2)c(F)c1F. The van der Waals surface area contributed by atoms with Crippen molar-refractivity contribution in [1.29, 1.82) is 0 Å².